The SMILES string of the molecule is O=C(O)C1CCOc2ccc(O)cc21. The number of phenolic OH excluding ortho intramolecular Hbond substituents is 1. The smallest absolute Gasteiger partial charge is 0.311 e. The fraction of sp³-hybridized carbons (Fsp3) is 0.300. The average Bonchev–Trinajstić information content (AvgIpc) is 2.16. The van der Waals surface area contributed by atoms with E-state index in [-0.39, 0.29) is 5.75 Å². The number of fused-ring (bicyclic) bond motifs is 1. The van der Waals surface area contributed by atoms with Crippen molar-refractivity contribution in [1.82, 2.24) is 0 Å². The van der Waals surface area contributed by atoms with E-state index >= 15 is 0 Å². The summed E-state index contributed by atoms with van der Waals surface area (Å²) in [6, 6.07) is 4.54. The van der Waals surface area contributed by atoms with Crippen molar-refractivity contribution in [2.45, 2.75) is 12.3 Å². The summed E-state index contributed by atoms with van der Waals surface area (Å²) in [5.74, 6) is -0.812. The van der Waals surface area contributed by atoms with Gasteiger partial charge in [0.05, 0.1) is 12.5 Å². The zero-order valence-corrected chi connectivity index (χ0v) is 7.43. The Kier molecular flexibility index (Phi) is 2.04. The minimum absolute atomic E-state index is 0.0699. The maximum absolute atomic E-state index is 10.9. The van der Waals surface area contributed by atoms with Gasteiger partial charge in [-0.05, 0) is 24.6 Å². The summed E-state index contributed by atoms with van der Waals surface area (Å²) in [5, 5.41) is 18.2. The van der Waals surface area contributed by atoms with Gasteiger partial charge in [0.2, 0.25) is 0 Å². The van der Waals surface area contributed by atoms with E-state index < -0.39 is 11.9 Å². The summed E-state index contributed by atoms with van der Waals surface area (Å²) >= 11 is 0. The van der Waals surface area contributed by atoms with Crippen molar-refractivity contribution in [2.24, 2.45) is 0 Å². The van der Waals surface area contributed by atoms with Crippen LogP contribution >= 0.6 is 0 Å². The predicted molar refractivity (Wildman–Crippen MR) is 48.6 cm³/mol. The van der Waals surface area contributed by atoms with E-state index in [2.05, 4.69) is 0 Å². The van der Waals surface area contributed by atoms with E-state index in [0.717, 1.165) is 0 Å². The highest BCUT2D eigenvalue weighted by Gasteiger charge is 2.27. The van der Waals surface area contributed by atoms with Gasteiger partial charge in [-0.25, -0.2) is 0 Å². The molecule has 1 aliphatic rings. The molecule has 1 aromatic carbocycles. The molecule has 14 heavy (non-hydrogen) atoms. The molecule has 0 amide bonds. The Morgan fingerprint density at radius 1 is 1.50 bits per heavy atom. The molecule has 0 spiro atoms. The molecule has 1 aliphatic heterocycles. The molecule has 0 aliphatic carbocycles. The summed E-state index contributed by atoms with van der Waals surface area (Å²) in [4.78, 5) is 10.9. The van der Waals surface area contributed by atoms with E-state index in [4.69, 9.17) is 9.84 Å². The maximum atomic E-state index is 10.9. The minimum atomic E-state index is -0.875. The molecular formula is C10H10O4. The van der Waals surface area contributed by atoms with Crippen LogP contribution in [0.4, 0.5) is 0 Å². The molecule has 1 aromatic rings. The van der Waals surface area contributed by atoms with Crippen molar-refractivity contribution in [3.8, 4) is 11.5 Å². The largest absolute Gasteiger partial charge is 0.508 e. The normalized spacial score (nSPS) is 19.6. The van der Waals surface area contributed by atoms with Crippen LogP contribution in [0.25, 0.3) is 0 Å². The fourth-order valence-electron chi connectivity index (χ4n) is 1.64. The molecule has 0 saturated heterocycles. The average molecular weight is 194 g/mol. The number of hydrogen-bond acceptors (Lipinski definition) is 3. The highest BCUT2D eigenvalue weighted by Crippen LogP contribution is 2.35. The summed E-state index contributed by atoms with van der Waals surface area (Å²) < 4.78 is 5.28. The number of carboxylic acids is 1. The highest BCUT2D eigenvalue weighted by molar-refractivity contribution is 5.77. The van der Waals surface area contributed by atoms with Crippen LogP contribution in [-0.4, -0.2) is 22.8 Å². The maximum Gasteiger partial charge on any atom is 0.311 e. The Balaban J connectivity index is 2.46. The molecule has 0 radical (unpaired) electrons. The second kappa shape index (κ2) is 3.21. The van der Waals surface area contributed by atoms with Gasteiger partial charge in [0, 0.05) is 5.56 Å². The summed E-state index contributed by atoms with van der Waals surface area (Å²) in [6.07, 6.45) is 0.450. The topological polar surface area (TPSA) is 66.8 Å². The van der Waals surface area contributed by atoms with E-state index in [9.17, 15) is 9.90 Å². The number of rotatable bonds is 1. The Morgan fingerprint density at radius 2 is 2.29 bits per heavy atom. The second-order valence-corrected chi connectivity index (χ2v) is 3.25. The van der Waals surface area contributed by atoms with Gasteiger partial charge in [0.25, 0.3) is 0 Å². The summed E-state index contributed by atoms with van der Waals surface area (Å²) in [6.45, 7) is 0.411. The number of benzene rings is 1. The Hall–Kier alpha value is -1.71. The van der Waals surface area contributed by atoms with E-state index in [1.165, 1.54) is 12.1 Å². The molecule has 0 fully saturated rings. The molecule has 74 valence electrons. The predicted octanol–water partition coefficient (Wildman–Crippen LogP) is 1.34. The zero-order chi connectivity index (χ0) is 10.1. The molecule has 4 nitrogen and oxygen atoms in total. The van der Waals surface area contributed by atoms with Gasteiger partial charge in [-0.3, -0.25) is 4.79 Å². The van der Waals surface area contributed by atoms with Gasteiger partial charge in [-0.1, -0.05) is 0 Å². The van der Waals surface area contributed by atoms with Gasteiger partial charge < -0.3 is 14.9 Å². The number of carbonyl (C=O) groups is 1. The quantitative estimate of drug-likeness (QED) is 0.708. The van der Waals surface area contributed by atoms with E-state index in [0.29, 0.717) is 24.3 Å². The van der Waals surface area contributed by atoms with Gasteiger partial charge in [-0.15, -0.1) is 0 Å². The molecule has 4 heteroatoms. The van der Waals surface area contributed by atoms with Crippen molar-refractivity contribution in [3.05, 3.63) is 23.8 Å². The Labute approximate surface area is 80.7 Å². The standard InChI is InChI=1S/C10H10O4/c11-6-1-2-9-8(5-6)7(10(12)13)3-4-14-9/h1-2,5,7,11H,3-4H2,(H,12,13). The van der Waals surface area contributed by atoms with Crippen molar-refractivity contribution >= 4 is 5.97 Å². The van der Waals surface area contributed by atoms with Gasteiger partial charge in [0.15, 0.2) is 0 Å². The Bertz CT molecular complexity index is 372. The third-order valence-electron chi connectivity index (χ3n) is 2.33. The number of ether oxygens (including phenoxy) is 1. The number of carboxylic acid groups (broad SMARTS) is 1. The monoisotopic (exact) mass is 194 g/mol. The lowest BCUT2D eigenvalue weighted by Crippen LogP contribution is -2.20. The number of aromatic hydroxyl groups is 1. The molecule has 0 bridgehead atoms. The molecule has 1 atom stereocenters. The molecule has 0 saturated carbocycles. The zero-order valence-electron chi connectivity index (χ0n) is 7.43. The minimum Gasteiger partial charge on any atom is -0.508 e. The van der Waals surface area contributed by atoms with Crippen LogP contribution in [0.3, 0.4) is 0 Å². The van der Waals surface area contributed by atoms with Crippen molar-refractivity contribution in [2.75, 3.05) is 6.61 Å². The van der Waals surface area contributed by atoms with E-state index in [1.807, 2.05) is 0 Å². The van der Waals surface area contributed by atoms with Crippen molar-refractivity contribution in [1.29, 1.82) is 0 Å². The highest BCUT2D eigenvalue weighted by atomic mass is 16.5. The molecule has 2 N–H and O–H groups in total. The van der Waals surface area contributed by atoms with Gasteiger partial charge >= 0.3 is 5.97 Å². The summed E-state index contributed by atoms with van der Waals surface area (Å²) in [7, 11) is 0. The first kappa shape index (κ1) is 8.87. The van der Waals surface area contributed by atoms with Crippen molar-refractivity contribution in [3.63, 3.8) is 0 Å². The second-order valence-electron chi connectivity index (χ2n) is 3.25. The lowest BCUT2D eigenvalue weighted by molar-refractivity contribution is -0.139. The lowest BCUT2D eigenvalue weighted by Gasteiger charge is -2.22. The van der Waals surface area contributed by atoms with Crippen LogP contribution in [0.1, 0.15) is 17.9 Å². The molecule has 2 rings (SSSR count). The first-order valence-corrected chi connectivity index (χ1v) is 4.37. The Morgan fingerprint density at radius 3 is 3.00 bits per heavy atom. The fourth-order valence-corrected chi connectivity index (χ4v) is 1.64. The van der Waals surface area contributed by atoms with Crippen LogP contribution in [0.5, 0.6) is 11.5 Å². The number of hydrogen-bond donors (Lipinski definition) is 2. The third kappa shape index (κ3) is 1.39. The lowest BCUT2D eigenvalue weighted by atomic mass is 9.93. The van der Waals surface area contributed by atoms with Crippen LogP contribution < -0.4 is 4.74 Å². The van der Waals surface area contributed by atoms with Gasteiger partial charge in [-0.2, -0.15) is 0 Å². The molecular weight excluding hydrogens is 184 g/mol. The molecule has 1 heterocycles. The first-order valence-electron chi connectivity index (χ1n) is 4.37. The van der Waals surface area contributed by atoms with E-state index in [1.54, 1.807) is 6.07 Å². The summed E-state index contributed by atoms with van der Waals surface area (Å²) in [5.41, 5.74) is 0.559. The van der Waals surface area contributed by atoms with Crippen LogP contribution in [0.2, 0.25) is 0 Å². The van der Waals surface area contributed by atoms with Crippen LogP contribution in [-0.2, 0) is 4.79 Å². The number of aliphatic carboxylic acids is 1. The number of phenols is 1. The third-order valence-corrected chi connectivity index (χ3v) is 2.33. The van der Waals surface area contributed by atoms with Crippen LogP contribution in [0, 0.1) is 0 Å². The first-order chi connectivity index (χ1) is 6.68. The molecule has 1 unspecified atom stereocenters. The van der Waals surface area contributed by atoms with Gasteiger partial charge in [0.1, 0.15) is 11.5 Å². The van der Waals surface area contributed by atoms with Crippen LogP contribution in [0.15, 0.2) is 18.2 Å². The van der Waals surface area contributed by atoms with Crippen molar-refractivity contribution < 1.29 is 19.7 Å². The molecule has 0 aromatic heterocycles.